The molecule has 0 aliphatic heterocycles. The molecule has 0 radical (unpaired) electrons. The van der Waals surface area contributed by atoms with Crippen molar-refractivity contribution in [2.24, 2.45) is 0 Å². The van der Waals surface area contributed by atoms with E-state index in [1.165, 1.54) is 219 Å². The molecule has 8 heteroatoms. The van der Waals surface area contributed by atoms with Crippen molar-refractivity contribution in [3.8, 4) is 45.0 Å². The fourth-order valence-electron chi connectivity index (χ4n) is 21.8. The van der Waals surface area contributed by atoms with E-state index in [-0.39, 0.29) is 22.2 Å². The second-order valence-corrected chi connectivity index (χ2v) is 39.5. The third kappa shape index (κ3) is 13.3. The van der Waals surface area contributed by atoms with Crippen LogP contribution >= 0.6 is 0 Å². The van der Waals surface area contributed by atoms with Gasteiger partial charge in [-0.25, -0.2) is 0 Å². The Morgan fingerprint density at radius 2 is 0.303 bits per heavy atom. The average molecular weight is 1710 g/mol. The van der Waals surface area contributed by atoms with Gasteiger partial charge >= 0.3 is 0 Å². The van der Waals surface area contributed by atoms with E-state index in [4.69, 9.17) is 0 Å². The first-order valence-electron chi connectivity index (χ1n) is 46.4. The van der Waals surface area contributed by atoms with Crippen LogP contribution in [0.5, 0.6) is 0 Å². The molecule has 0 saturated heterocycles. The highest BCUT2D eigenvalue weighted by Gasteiger charge is 2.28. The van der Waals surface area contributed by atoms with Crippen molar-refractivity contribution >= 4 is 174 Å². The van der Waals surface area contributed by atoms with E-state index in [1.807, 2.05) is 0 Å². The highest BCUT2D eigenvalue weighted by Crippen LogP contribution is 2.46. The lowest BCUT2D eigenvalue weighted by molar-refractivity contribution is 0.423. The Bertz CT molecular complexity index is 8950. The summed E-state index contributed by atoms with van der Waals surface area (Å²) < 4.78 is 19.4. The van der Waals surface area contributed by atoms with Gasteiger partial charge in [-0.2, -0.15) is 0 Å². The van der Waals surface area contributed by atoms with Gasteiger partial charge < -0.3 is 36.5 Å². The maximum Gasteiger partial charge on any atom is 0.0541 e. The number of benzene rings is 18. The summed E-state index contributed by atoms with van der Waals surface area (Å²) in [7, 11) is 0. The topological polar surface area (TPSA) is 39.4 Å². The number of para-hydroxylation sites is 12. The third-order valence-corrected chi connectivity index (χ3v) is 27.1. The summed E-state index contributed by atoms with van der Waals surface area (Å²) in [5, 5.41) is 20.8. The second kappa shape index (κ2) is 31.1. The van der Waals surface area contributed by atoms with Gasteiger partial charge in [-0.3, -0.25) is 0 Å². The summed E-state index contributed by atoms with van der Waals surface area (Å²) in [4.78, 5) is 0. The zero-order valence-corrected chi connectivity index (χ0v) is 76.8. The van der Waals surface area contributed by atoms with Crippen molar-refractivity contribution in [2.45, 2.75) is 105 Å². The quantitative estimate of drug-likeness (QED) is 0.159. The molecule has 0 unspecified atom stereocenters. The molecule has 8 aromatic heterocycles. The van der Waals surface area contributed by atoms with Crippen molar-refractivity contribution in [2.75, 3.05) is 0 Å². The highest BCUT2D eigenvalue weighted by molar-refractivity contribution is 6.18. The van der Waals surface area contributed by atoms with Crippen LogP contribution in [-0.2, 0) is 22.2 Å². The Kier molecular flexibility index (Phi) is 19.0. The molecular formula is C124H104N8. The van der Waals surface area contributed by atoms with Crippen molar-refractivity contribution < 1.29 is 0 Å². The molecule has 8 nitrogen and oxygen atoms in total. The van der Waals surface area contributed by atoms with Gasteiger partial charge in [-0.1, -0.05) is 255 Å². The van der Waals surface area contributed by atoms with Crippen LogP contribution in [0.15, 0.2) is 413 Å². The molecule has 640 valence electrons. The normalized spacial score (nSPS) is 12.4. The van der Waals surface area contributed by atoms with E-state index >= 15 is 0 Å². The smallest absolute Gasteiger partial charge is 0.0541 e. The van der Waals surface area contributed by atoms with Crippen LogP contribution < -0.4 is 0 Å². The van der Waals surface area contributed by atoms with Gasteiger partial charge in [0.15, 0.2) is 0 Å². The zero-order valence-electron chi connectivity index (χ0n) is 76.8. The summed E-state index contributed by atoms with van der Waals surface area (Å²) >= 11 is 0. The summed E-state index contributed by atoms with van der Waals surface area (Å²) in [6.45, 7) is 27.4. The number of hydrogen-bond acceptors (Lipinski definition) is 0. The van der Waals surface area contributed by atoms with E-state index in [9.17, 15) is 0 Å². The maximum atomic E-state index is 2.49. The van der Waals surface area contributed by atoms with Crippen molar-refractivity contribution in [3.05, 3.63) is 413 Å². The first kappa shape index (κ1) is 80.9. The largest absolute Gasteiger partial charge is 0.335 e. The molecule has 0 bridgehead atoms. The maximum absolute atomic E-state index is 2.49. The van der Waals surface area contributed by atoms with Gasteiger partial charge in [-0.05, 0) is 263 Å². The molecule has 132 heavy (non-hydrogen) atoms. The fourth-order valence-corrected chi connectivity index (χ4v) is 21.8. The van der Waals surface area contributed by atoms with Crippen LogP contribution in [0.2, 0.25) is 0 Å². The Labute approximate surface area is 768 Å². The summed E-state index contributed by atoms with van der Waals surface area (Å²) in [5.74, 6) is 0. The summed E-state index contributed by atoms with van der Waals surface area (Å²) in [6, 6.07) is 150. The van der Waals surface area contributed by atoms with Gasteiger partial charge in [0.25, 0.3) is 0 Å². The van der Waals surface area contributed by atoms with Crippen molar-refractivity contribution in [1.82, 2.24) is 36.5 Å². The minimum absolute atomic E-state index is 0.00104. The molecule has 8 heterocycles. The van der Waals surface area contributed by atoms with Crippen LogP contribution in [0.3, 0.4) is 0 Å². The van der Waals surface area contributed by atoms with E-state index in [0.717, 1.165) is 0 Å². The van der Waals surface area contributed by atoms with Gasteiger partial charge in [0.2, 0.25) is 0 Å². The molecular weight excluding hydrogens is 1600 g/mol. The Balaban J connectivity index is 0.000000100. The first-order chi connectivity index (χ1) is 64.1. The number of hydrogen-bond donors (Lipinski definition) is 0. The molecule has 26 aromatic rings. The van der Waals surface area contributed by atoms with Gasteiger partial charge in [0.1, 0.15) is 0 Å². The standard InChI is InChI=1S/2C34H28N2.2C28H24N2/c1-34(2,3)36-32-16-10-8-13-26(32)28-19-17-24(22-33(28)36)23-18-20-31-29(21-23)27-14-7-9-15-30(27)35(31)25-11-5-4-6-12-25;1-34(2,3)36-32-16-10-8-14-27(32)29-22-24(18-20-33(29)36)23-17-19-31-28(21-23)26-13-7-9-15-30(26)35(31)25-11-5-4-6-12-25;1-28(2,3)30-26-15-9-6-12-22(26)23-18-19(16-17-27(23)30)29-24-13-7-4-10-20(24)21-11-5-8-14-25(21)29;1-28(2,3)30-26-15-9-6-12-22(26)23-17-16-19(18-27(23)30)29-24-13-7-4-10-20(24)21-11-5-8-14-25(21)29/h2*4-22H,1-3H3;2*4-18H,1-3H3. The summed E-state index contributed by atoms with van der Waals surface area (Å²) in [6.07, 6.45) is 0. The molecule has 0 atom stereocenters. The third-order valence-electron chi connectivity index (χ3n) is 27.1. The van der Waals surface area contributed by atoms with E-state index in [1.54, 1.807) is 0 Å². The van der Waals surface area contributed by atoms with Crippen LogP contribution in [0.4, 0.5) is 0 Å². The van der Waals surface area contributed by atoms with Crippen LogP contribution in [0.25, 0.3) is 219 Å². The predicted octanol–water partition coefficient (Wildman–Crippen LogP) is 33.9. The lowest BCUT2D eigenvalue weighted by Gasteiger charge is -2.24. The van der Waals surface area contributed by atoms with E-state index in [2.05, 4.69) is 532 Å². The average Bonchev–Trinajstić information content (AvgIpc) is 1.57. The minimum atomic E-state index is -0.0208. The van der Waals surface area contributed by atoms with Gasteiger partial charge in [-0.15, -0.1) is 0 Å². The monoisotopic (exact) mass is 1700 g/mol. The van der Waals surface area contributed by atoms with E-state index in [0.29, 0.717) is 0 Å². The second-order valence-electron chi connectivity index (χ2n) is 39.5. The zero-order chi connectivity index (χ0) is 89.8. The molecule has 26 rings (SSSR count). The van der Waals surface area contributed by atoms with Crippen molar-refractivity contribution in [3.63, 3.8) is 0 Å². The van der Waals surface area contributed by atoms with Crippen LogP contribution in [0, 0.1) is 0 Å². The number of fused-ring (bicyclic) bond motifs is 24. The number of aromatic nitrogens is 8. The van der Waals surface area contributed by atoms with Crippen LogP contribution in [-0.4, -0.2) is 36.5 Å². The predicted molar refractivity (Wildman–Crippen MR) is 566 cm³/mol. The van der Waals surface area contributed by atoms with Crippen LogP contribution in [0.1, 0.15) is 83.1 Å². The van der Waals surface area contributed by atoms with Gasteiger partial charge in [0, 0.05) is 164 Å². The molecule has 0 aliphatic rings. The lowest BCUT2D eigenvalue weighted by Crippen LogP contribution is -2.21. The highest BCUT2D eigenvalue weighted by atomic mass is 15.1. The van der Waals surface area contributed by atoms with E-state index < -0.39 is 0 Å². The molecule has 0 spiro atoms. The Morgan fingerprint density at radius 1 is 0.121 bits per heavy atom. The number of rotatable bonds is 6. The molecule has 18 aromatic carbocycles. The minimum Gasteiger partial charge on any atom is -0.335 e. The Hall–Kier alpha value is -15.6. The van der Waals surface area contributed by atoms with Crippen molar-refractivity contribution in [1.29, 1.82) is 0 Å². The number of nitrogens with zero attached hydrogens (tertiary/aromatic N) is 8. The molecule has 0 N–H and O–H groups in total. The van der Waals surface area contributed by atoms with Gasteiger partial charge in [0.05, 0.1) is 55.2 Å². The first-order valence-corrected chi connectivity index (χ1v) is 46.4. The molecule has 0 saturated carbocycles. The SMILES string of the molecule is CC(C)(C)n1c2ccccc2c2cc(-c3ccc4c(c3)c3ccccc3n4-c3ccccc3)ccc21.CC(C)(C)n1c2ccccc2c2cc(-n3c4ccccc4c4ccccc43)ccc21.CC(C)(C)n1c2ccccc2c2ccc(-c3ccc4c(c3)c3ccccc3n4-c3ccccc3)cc21.CC(C)(C)n1c2ccccc2c2ccc(-n3c4ccccc4c4ccccc43)cc21. The lowest BCUT2D eigenvalue weighted by atomic mass is 10.0. The fraction of sp³-hybridized carbons (Fsp3) is 0.129. The summed E-state index contributed by atoms with van der Waals surface area (Å²) in [5.41, 5.74) is 30.0. The molecule has 0 fully saturated rings. The molecule has 0 aliphatic carbocycles. The molecule has 0 amide bonds. The Morgan fingerprint density at radius 3 is 0.636 bits per heavy atom.